The van der Waals surface area contributed by atoms with Crippen LogP contribution in [0.3, 0.4) is 0 Å². The maximum atomic E-state index is 10.2. The number of nitrogens with zero attached hydrogens (tertiary/aromatic N) is 7. The van der Waals surface area contributed by atoms with Gasteiger partial charge in [0.25, 0.3) is 0 Å². The van der Waals surface area contributed by atoms with Crippen molar-refractivity contribution in [2.75, 3.05) is 4.90 Å². The molecule has 2 aliphatic heterocycles. The summed E-state index contributed by atoms with van der Waals surface area (Å²) >= 11 is 1.79. The molecule has 0 amide bonds. The van der Waals surface area contributed by atoms with Crippen LogP contribution in [0, 0.1) is 17.9 Å². The Hall–Kier alpha value is -9.41. The number of para-hydroxylation sites is 3. The van der Waals surface area contributed by atoms with Crippen LogP contribution in [0.5, 0.6) is 11.5 Å². The quantitative estimate of drug-likeness (QED) is 0.164. The van der Waals surface area contributed by atoms with Crippen molar-refractivity contribution < 1.29 is 4.74 Å². The van der Waals surface area contributed by atoms with Crippen LogP contribution >= 0.6 is 11.8 Å². The molecule has 4 aromatic heterocycles. The highest BCUT2D eigenvalue weighted by atomic mass is 32.2. The van der Waals surface area contributed by atoms with Gasteiger partial charge in [0.1, 0.15) is 11.5 Å². The van der Waals surface area contributed by atoms with Crippen molar-refractivity contribution in [1.82, 2.24) is 19.1 Å². The van der Waals surface area contributed by atoms with E-state index in [4.69, 9.17) is 21.3 Å². The van der Waals surface area contributed by atoms with E-state index in [-0.39, 0.29) is 0 Å². The summed E-state index contributed by atoms with van der Waals surface area (Å²) in [4.78, 5) is 18.5. The SMILES string of the molecule is [C-]#[N+]c1ccc2c(c1)c1ccccc1n2-c1ccc2c(c1)Oc1cc(-n3c4ccc(C#N)cc4c4cc(N5c6ccccc6Sc6ccccc65)ccc43)ccc1C21c2cccnc2-c2ncccc21. The zero-order valence-electron chi connectivity index (χ0n) is 37.0. The summed E-state index contributed by atoms with van der Waals surface area (Å²) < 4.78 is 11.9. The molecule has 0 saturated heterocycles. The summed E-state index contributed by atoms with van der Waals surface area (Å²) in [7, 11) is 0. The van der Waals surface area contributed by atoms with Gasteiger partial charge in [0.15, 0.2) is 5.69 Å². The van der Waals surface area contributed by atoms with E-state index in [2.05, 4.69) is 164 Å². The van der Waals surface area contributed by atoms with Crippen LogP contribution in [-0.2, 0) is 5.41 Å². The van der Waals surface area contributed by atoms with Crippen LogP contribution in [0.4, 0.5) is 22.7 Å². The smallest absolute Gasteiger partial charge is 0.188 e. The van der Waals surface area contributed by atoms with E-state index in [1.165, 1.54) is 9.79 Å². The zero-order valence-corrected chi connectivity index (χ0v) is 37.8. The highest BCUT2D eigenvalue weighted by Gasteiger charge is 2.52. The third-order valence-electron chi connectivity index (χ3n) is 14.5. The number of ether oxygens (including phenoxy) is 1. The number of rotatable bonds is 3. The lowest BCUT2D eigenvalue weighted by Gasteiger charge is -2.39. The standard InChI is InChI=1S/C61H33N7OS/c1-63-37-19-26-51-43(31-37)41-10-2-3-13-49(41)66(51)39-20-23-45-55(33-39)69-56-34-40(21-24-46(56)61(45)47-11-8-28-64-59(47)60-48(61)12-9-29-65-60)67-50-25-18-36(35-62)30-42(50)44-32-38(22-27-52(44)67)68-53-14-4-6-16-57(53)70-58-17-7-5-15-54(58)68/h2-34H. The van der Waals surface area contributed by atoms with Gasteiger partial charge in [-0.3, -0.25) is 9.97 Å². The molecule has 0 saturated carbocycles. The maximum absolute atomic E-state index is 10.2. The van der Waals surface area contributed by atoms with Gasteiger partial charge in [-0.25, -0.2) is 4.85 Å². The lowest BCUT2D eigenvalue weighted by Crippen LogP contribution is -2.32. The molecule has 8 nitrogen and oxygen atoms in total. The maximum Gasteiger partial charge on any atom is 0.188 e. The molecular weight excluding hydrogens is 879 g/mol. The first-order valence-electron chi connectivity index (χ1n) is 23.0. The Balaban J connectivity index is 0.961. The van der Waals surface area contributed by atoms with E-state index in [1.54, 1.807) is 11.8 Å². The van der Waals surface area contributed by atoms with Crippen molar-refractivity contribution >= 4 is 78.1 Å². The van der Waals surface area contributed by atoms with Crippen molar-refractivity contribution in [3.8, 4) is 40.3 Å². The van der Waals surface area contributed by atoms with Gasteiger partial charge < -0.3 is 18.8 Å². The number of benzene rings is 8. The molecule has 324 valence electrons. The van der Waals surface area contributed by atoms with Crippen LogP contribution in [0.15, 0.2) is 210 Å². The van der Waals surface area contributed by atoms with Crippen LogP contribution < -0.4 is 9.64 Å². The largest absolute Gasteiger partial charge is 0.457 e. The van der Waals surface area contributed by atoms with E-state index in [0.717, 1.165) is 117 Å². The lowest BCUT2D eigenvalue weighted by atomic mass is 9.66. The Labute approximate surface area is 405 Å². The molecule has 6 heterocycles. The van der Waals surface area contributed by atoms with Crippen molar-refractivity contribution in [3.05, 3.63) is 240 Å². The van der Waals surface area contributed by atoms with Gasteiger partial charge >= 0.3 is 0 Å². The third kappa shape index (κ3) is 5.13. The topological polar surface area (TPSA) is 76.3 Å². The number of pyridine rings is 2. The fraction of sp³-hybridized carbons (Fsp3) is 0.0164. The number of hydrogen-bond acceptors (Lipinski definition) is 6. The minimum absolute atomic E-state index is 0.598. The molecule has 0 radical (unpaired) electrons. The molecule has 9 heteroatoms. The number of hydrogen-bond donors (Lipinski definition) is 0. The van der Waals surface area contributed by atoms with E-state index in [0.29, 0.717) is 11.3 Å². The molecule has 0 atom stereocenters. The van der Waals surface area contributed by atoms with E-state index in [9.17, 15) is 5.26 Å². The summed E-state index contributed by atoms with van der Waals surface area (Å²) in [5.74, 6) is 1.44. The molecule has 15 rings (SSSR count). The number of anilines is 3. The van der Waals surface area contributed by atoms with Gasteiger partial charge in [-0.2, -0.15) is 5.26 Å². The Bertz CT molecular complexity index is 4290. The zero-order chi connectivity index (χ0) is 46.2. The van der Waals surface area contributed by atoms with Gasteiger partial charge in [-0.1, -0.05) is 84.6 Å². The van der Waals surface area contributed by atoms with Gasteiger partial charge in [0.2, 0.25) is 0 Å². The minimum Gasteiger partial charge on any atom is -0.457 e. The van der Waals surface area contributed by atoms with E-state index < -0.39 is 5.41 Å². The highest BCUT2D eigenvalue weighted by molar-refractivity contribution is 7.99. The molecule has 1 aliphatic carbocycles. The Morgan fingerprint density at radius 1 is 0.500 bits per heavy atom. The van der Waals surface area contributed by atoms with Crippen LogP contribution in [0.1, 0.15) is 27.8 Å². The average molecular weight is 912 g/mol. The predicted molar refractivity (Wildman–Crippen MR) is 278 cm³/mol. The van der Waals surface area contributed by atoms with Crippen molar-refractivity contribution in [3.63, 3.8) is 0 Å². The summed E-state index contributed by atoms with van der Waals surface area (Å²) in [5, 5.41) is 14.3. The third-order valence-corrected chi connectivity index (χ3v) is 15.6. The second-order valence-electron chi connectivity index (χ2n) is 17.9. The van der Waals surface area contributed by atoms with Gasteiger partial charge in [-0.15, -0.1) is 0 Å². The number of aromatic nitrogens is 4. The van der Waals surface area contributed by atoms with Gasteiger partial charge in [0.05, 0.1) is 68.4 Å². The minimum atomic E-state index is -0.796. The molecule has 1 spiro atoms. The first kappa shape index (κ1) is 38.7. The molecule has 0 N–H and O–H groups in total. The lowest BCUT2D eigenvalue weighted by molar-refractivity contribution is 0.436. The summed E-state index contributed by atoms with van der Waals surface area (Å²) in [6, 6.07) is 68.0. The first-order valence-corrected chi connectivity index (χ1v) is 23.9. The fourth-order valence-corrected chi connectivity index (χ4v) is 12.7. The summed E-state index contributed by atoms with van der Waals surface area (Å²) in [6.07, 6.45) is 3.69. The van der Waals surface area contributed by atoms with Crippen molar-refractivity contribution in [1.29, 1.82) is 5.26 Å². The van der Waals surface area contributed by atoms with Crippen molar-refractivity contribution in [2.45, 2.75) is 15.2 Å². The normalized spacial score (nSPS) is 13.5. The molecule has 3 aliphatic rings. The highest BCUT2D eigenvalue weighted by Crippen LogP contribution is 2.62. The van der Waals surface area contributed by atoms with Gasteiger partial charge in [-0.05, 0) is 120 Å². The number of nitriles is 1. The van der Waals surface area contributed by atoms with E-state index in [1.807, 2.05) is 60.9 Å². The van der Waals surface area contributed by atoms with Crippen molar-refractivity contribution in [2.24, 2.45) is 0 Å². The Morgan fingerprint density at radius 2 is 1.04 bits per heavy atom. The van der Waals surface area contributed by atoms with Crippen LogP contribution in [0.25, 0.3) is 71.2 Å². The Morgan fingerprint density at radius 3 is 1.69 bits per heavy atom. The molecule has 0 fully saturated rings. The number of fused-ring (bicyclic) bond motifs is 17. The molecule has 12 aromatic rings. The van der Waals surface area contributed by atoms with Crippen LogP contribution in [0.2, 0.25) is 0 Å². The van der Waals surface area contributed by atoms with Crippen LogP contribution in [-0.4, -0.2) is 19.1 Å². The second-order valence-corrected chi connectivity index (χ2v) is 19.0. The molecule has 70 heavy (non-hydrogen) atoms. The average Bonchev–Trinajstić information content (AvgIpc) is 4.03. The fourth-order valence-electron chi connectivity index (χ4n) is 11.7. The van der Waals surface area contributed by atoms with Gasteiger partial charge in [0, 0.05) is 78.7 Å². The summed E-state index contributed by atoms with van der Waals surface area (Å²) in [5.41, 5.74) is 15.4. The Kier molecular flexibility index (Phi) is 7.90. The second kappa shape index (κ2) is 14.3. The molecule has 0 unspecified atom stereocenters. The molecule has 0 bridgehead atoms. The monoisotopic (exact) mass is 911 g/mol. The van der Waals surface area contributed by atoms with E-state index >= 15 is 0 Å². The first-order chi connectivity index (χ1) is 34.6. The predicted octanol–water partition coefficient (Wildman–Crippen LogP) is 15.5. The molecular formula is C61H33N7OS. The molecule has 8 aromatic carbocycles. The summed E-state index contributed by atoms with van der Waals surface area (Å²) in [6.45, 7) is 7.77.